The highest BCUT2D eigenvalue weighted by Gasteiger charge is 2.30. The summed E-state index contributed by atoms with van der Waals surface area (Å²) < 4.78 is 4.86. The van der Waals surface area contributed by atoms with Crippen molar-refractivity contribution in [1.82, 2.24) is 25.3 Å². The van der Waals surface area contributed by atoms with Crippen LogP contribution in [-0.4, -0.2) is 51.3 Å². The van der Waals surface area contributed by atoms with Gasteiger partial charge in [-0.3, -0.25) is 9.78 Å². The number of hydrogen-bond donors (Lipinski definition) is 1. The number of ketones is 1. The van der Waals surface area contributed by atoms with Crippen LogP contribution < -0.4 is 5.32 Å². The number of nitrogens with one attached hydrogen (secondary N) is 1. The molecule has 3 aromatic rings. The summed E-state index contributed by atoms with van der Waals surface area (Å²) >= 11 is 0. The summed E-state index contributed by atoms with van der Waals surface area (Å²) in [7, 11) is 0. The van der Waals surface area contributed by atoms with E-state index in [1.165, 1.54) is 12.0 Å². The fraction of sp³-hybridized carbons (Fsp3) is 0.346. The van der Waals surface area contributed by atoms with Crippen LogP contribution in [0.2, 0.25) is 0 Å². The van der Waals surface area contributed by atoms with E-state index in [4.69, 9.17) is 9.52 Å². The van der Waals surface area contributed by atoms with Gasteiger partial charge in [0.2, 0.25) is 12.2 Å². The standard InChI is InChI=1S/C26H28N6O2/c1-2-3-21-14-22(33)15-23(19-8-10-27-11-9-19)30-26(21)32-13-12-28-24(16-32)18-4-6-20(7-5-18)25-29-17-34-31-25/h4-11,15,17,21,24,28H,2-3,12-14,16H2,1H3. The number of benzene rings is 1. The molecule has 1 saturated heterocycles. The van der Waals surface area contributed by atoms with Gasteiger partial charge in [-0.1, -0.05) is 42.8 Å². The summed E-state index contributed by atoms with van der Waals surface area (Å²) in [5.41, 5.74) is 3.76. The number of piperazine rings is 1. The zero-order chi connectivity index (χ0) is 23.3. The molecule has 0 spiro atoms. The van der Waals surface area contributed by atoms with Crippen molar-refractivity contribution in [1.29, 1.82) is 0 Å². The number of pyridine rings is 1. The number of rotatable bonds is 5. The maximum atomic E-state index is 12.8. The van der Waals surface area contributed by atoms with Crippen LogP contribution in [0.3, 0.4) is 0 Å². The van der Waals surface area contributed by atoms with Gasteiger partial charge in [0, 0.05) is 67.6 Å². The number of hydrogen-bond acceptors (Lipinski definition) is 8. The smallest absolute Gasteiger partial charge is 0.214 e. The molecule has 34 heavy (non-hydrogen) atoms. The van der Waals surface area contributed by atoms with Crippen molar-refractivity contribution in [2.24, 2.45) is 10.9 Å². The van der Waals surface area contributed by atoms with Gasteiger partial charge in [-0.2, -0.15) is 4.98 Å². The second kappa shape index (κ2) is 10.1. The Balaban J connectivity index is 1.41. The van der Waals surface area contributed by atoms with Gasteiger partial charge in [-0.25, -0.2) is 4.99 Å². The fourth-order valence-electron chi connectivity index (χ4n) is 4.72. The number of amidine groups is 1. The van der Waals surface area contributed by atoms with Crippen LogP contribution in [-0.2, 0) is 4.79 Å². The fourth-order valence-corrected chi connectivity index (χ4v) is 4.72. The van der Waals surface area contributed by atoms with E-state index in [-0.39, 0.29) is 17.7 Å². The van der Waals surface area contributed by atoms with E-state index in [0.717, 1.165) is 55.1 Å². The number of aliphatic imine (C=N–C) groups is 1. The highest BCUT2D eigenvalue weighted by Crippen LogP contribution is 2.29. The molecule has 0 radical (unpaired) electrons. The van der Waals surface area contributed by atoms with E-state index in [1.807, 2.05) is 24.3 Å². The molecule has 5 rings (SSSR count). The molecule has 0 aliphatic carbocycles. The van der Waals surface area contributed by atoms with E-state index in [0.29, 0.717) is 12.2 Å². The molecule has 2 aliphatic heterocycles. The lowest BCUT2D eigenvalue weighted by atomic mass is 9.94. The van der Waals surface area contributed by atoms with Gasteiger partial charge < -0.3 is 14.7 Å². The van der Waals surface area contributed by atoms with Crippen LogP contribution in [0.15, 0.2) is 70.8 Å². The normalized spacial score (nSPS) is 21.1. The SMILES string of the molecule is CCCC1CC(=O)C=C(c2ccncc2)N=C1N1CCNC(c2ccc(-c3ncon3)cc2)C1. The summed E-state index contributed by atoms with van der Waals surface area (Å²) in [5.74, 6) is 1.85. The number of aromatic nitrogens is 3. The first-order valence-electron chi connectivity index (χ1n) is 11.8. The summed E-state index contributed by atoms with van der Waals surface area (Å²) in [6.45, 7) is 4.65. The van der Waals surface area contributed by atoms with Crippen molar-refractivity contribution in [3.05, 3.63) is 72.4 Å². The average molecular weight is 457 g/mol. The Bertz CT molecular complexity index is 1170. The molecule has 2 unspecified atom stereocenters. The Morgan fingerprint density at radius 2 is 1.94 bits per heavy atom. The molecule has 1 N–H and O–H groups in total. The molecular weight excluding hydrogens is 428 g/mol. The Morgan fingerprint density at radius 3 is 2.68 bits per heavy atom. The summed E-state index contributed by atoms with van der Waals surface area (Å²) in [4.78, 5) is 28.5. The molecule has 0 amide bonds. The Morgan fingerprint density at radius 1 is 1.12 bits per heavy atom. The Hall–Kier alpha value is -3.65. The lowest BCUT2D eigenvalue weighted by Crippen LogP contribution is -2.50. The zero-order valence-electron chi connectivity index (χ0n) is 19.2. The van der Waals surface area contributed by atoms with Gasteiger partial charge >= 0.3 is 0 Å². The first-order valence-corrected chi connectivity index (χ1v) is 11.8. The maximum Gasteiger partial charge on any atom is 0.214 e. The highest BCUT2D eigenvalue weighted by molar-refractivity contribution is 6.04. The Labute approximate surface area is 198 Å². The molecule has 2 aromatic heterocycles. The third-order valence-corrected chi connectivity index (χ3v) is 6.39. The van der Waals surface area contributed by atoms with Gasteiger partial charge in [-0.05, 0) is 24.1 Å². The largest absolute Gasteiger partial charge is 0.357 e. The van der Waals surface area contributed by atoms with E-state index >= 15 is 0 Å². The molecular formula is C26H28N6O2. The van der Waals surface area contributed by atoms with Crippen molar-refractivity contribution in [3.63, 3.8) is 0 Å². The molecule has 174 valence electrons. The molecule has 2 atom stereocenters. The minimum absolute atomic E-state index is 0.118. The molecule has 4 heterocycles. The number of carbonyl (C=O) groups is 1. The second-order valence-electron chi connectivity index (χ2n) is 8.72. The monoisotopic (exact) mass is 456 g/mol. The van der Waals surface area contributed by atoms with Crippen molar-refractivity contribution in [2.75, 3.05) is 19.6 Å². The first-order chi connectivity index (χ1) is 16.7. The summed E-state index contributed by atoms with van der Waals surface area (Å²) in [6, 6.07) is 12.2. The van der Waals surface area contributed by atoms with Crippen LogP contribution in [0.5, 0.6) is 0 Å². The minimum atomic E-state index is 0.118. The summed E-state index contributed by atoms with van der Waals surface area (Å²) in [5, 5.41) is 7.55. The molecule has 2 aliphatic rings. The number of nitrogens with zero attached hydrogens (tertiary/aromatic N) is 5. The molecule has 1 aromatic carbocycles. The highest BCUT2D eigenvalue weighted by atomic mass is 16.5. The first kappa shape index (κ1) is 22.2. The van der Waals surface area contributed by atoms with Crippen LogP contribution in [0.4, 0.5) is 0 Å². The van der Waals surface area contributed by atoms with Gasteiger partial charge in [0.05, 0.1) is 5.70 Å². The predicted molar refractivity (Wildman–Crippen MR) is 130 cm³/mol. The quantitative estimate of drug-likeness (QED) is 0.622. The molecule has 0 saturated carbocycles. The predicted octanol–water partition coefficient (Wildman–Crippen LogP) is 3.91. The minimum Gasteiger partial charge on any atom is -0.357 e. The lowest BCUT2D eigenvalue weighted by molar-refractivity contribution is -0.115. The molecule has 0 bridgehead atoms. The third kappa shape index (κ3) is 4.82. The van der Waals surface area contributed by atoms with Crippen LogP contribution in [0, 0.1) is 5.92 Å². The van der Waals surface area contributed by atoms with Crippen molar-refractivity contribution >= 4 is 17.3 Å². The number of allylic oxidation sites excluding steroid dienone is 1. The van der Waals surface area contributed by atoms with E-state index in [2.05, 4.69) is 44.4 Å². The van der Waals surface area contributed by atoms with Crippen LogP contribution in [0.25, 0.3) is 17.1 Å². The summed E-state index contributed by atoms with van der Waals surface area (Å²) in [6.07, 6.45) is 8.96. The third-order valence-electron chi connectivity index (χ3n) is 6.39. The molecule has 8 heteroatoms. The van der Waals surface area contributed by atoms with Crippen LogP contribution >= 0.6 is 0 Å². The molecule has 1 fully saturated rings. The van der Waals surface area contributed by atoms with E-state index in [9.17, 15) is 4.79 Å². The van der Waals surface area contributed by atoms with E-state index in [1.54, 1.807) is 18.5 Å². The van der Waals surface area contributed by atoms with Gasteiger partial charge in [0.25, 0.3) is 0 Å². The number of carbonyl (C=O) groups excluding carboxylic acids is 1. The lowest BCUT2D eigenvalue weighted by Gasteiger charge is -2.38. The topological polar surface area (TPSA) is 96.5 Å². The molecule has 8 nitrogen and oxygen atoms in total. The average Bonchev–Trinajstić information content (AvgIpc) is 3.36. The second-order valence-corrected chi connectivity index (χ2v) is 8.72. The van der Waals surface area contributed by atoms with Gasteiger partial charge in [0.1, 0.15) is 5.84 Å². The van der Waals surface area contributed by atoms with Crippen LogP contribution in [0.1, 0.15) is 43.4 Å². The maximum absolute atomic E-state index is 12.8. The van der Waals surface area contributed by atoms with Gasteiger partial charge in [0.15, 0.2) is 5.78 Å². The zero-order valence-corrected chi connectivity index (χ0v) is 19.2. The van der Waals surface area contributed by atoms with Crippen molar-refractivity contribution in [2.45, 2.75) is 32.2 Å². The van der Waals surface area contributed by atoms with Gasteiger partial charge in [-0.15, -0.1) is 0 Å². The Kier molecular flexibility index (Phi) is 6.58. The van der Waals surface area contributed by atoms with Crippen molar-refractivity contribution < 1.29 is 9.32 Å². The van der Waals surface area contributed by atoms with E-state index < -0.39 is 0 Å². The van der Waals surface area contributed by atoms with Crippen molar-refractivity contribution in [3.8, 4) is 11.4 Å².